The largest absolute Gasteiger partial charge is 0.308 e. The van der Waals surface area contributed by atoms with Gasteiger partial charge >= 0.3 is 0 Å². The summed E-state index contributed by atoms with van der Waals surface area (Å²) in [5.74, 6) is 1.54. The molecule has 3 nitrogen and oxygen atoms in total. The van der Waals surface area contributed by atoms with E-state index in [0.717, 1.165) is 30.0 Å². The Kier molecular flexibility index (Phi) is 4.40. The average Bonchev–Trinajstić information content (AvgIpc) is 3.23. The molecule has 2 fully saturated rings. The van der Waals surface area contributed by atoms with Crippen LogP contribution in [0.5, 0.6) is 0 Å². The number of pyridine rings is 1. The van der Waals surface area contributed by atoms with E-state index in [9.17, 15) is 0 Å². The molecule has 2 atom stereocenters. The van der Waals surface area contributed by atoms with Crippen molar-refractivity contribution in [1.29, 1.82) is 0 Å². The fraction of sp³-hybridized carbons (Fsp3) is 0.706. The molecular formula is C17H26BrN3. The van der Waals surface area contributed by atoms with Crippen molar-refractivity contribution in [2.45, 2.75) is 51.7 Å². The number of nitrogens with zero attached hydrogens (tertiary/aromatic N) is 2. The molecule has 0 amide bonds. The molecule has 1 aromatic heterocycles. The Morgan fingerprint density at radius 2 is 2.19 bits per heavy atom. The third-order valence-corrected chi connectivity index (χ3v) is 5.54. The molecule has 0 radical (unpaired) electrons. The highest BCUT2D eigenvalue weighted by atomic mass is 79.9. The highest BCUT2D eigenvalue weighted by Crippen LogP contribution is 2.42. The third kappa shape index (κ3) is 3.49. The van der Waals surface area contributed by atoms with Gasteiger partial charge in [0.1, 0.15) is 0 Å². The first-order valence-corrected chi connectivity index (χ1v) is 8.86. The third-order valence-electron chi connectivity index (χ3n) is 5.11. The highest BCUT2D eigenvalue weighted by Gasteiger charge is 2.46. The maximum absolute atomic E-state index is 4.31. The first-order chi connectivity index (χ1) is 9.98. The molecule has 0 spiro atoms. The smallest absolute Gasteiger partial charge is 0.0410 e. The zero-order valence-corrected chi connectivity index (χ0v) is 14.9. The summed E-state index contributed by atoms with van der Waals surface area (Å²) in [6.07, 6.45) is 6.64. The van der Waals surface area contributed by atoms with Crippen LogP contribution in [0.3, 0.4) is 0 Å². The first kappa shape index (κ1) is 15.4. The molecule has 2 unspecified atom stereocenters. The predicted octanol–water partition coefficient (Wildman–Crippen LogP) is 3.44. The van der Waals surface area contributed by atoms with Crippen LogP contribution in [0.1, 0.15) is 39.2 Å². The Balaban J connectivity index is 1.77. The molecule has 3 rings (SSSR count). The van der Waals surface area contributed by atoms with Gasteiger partial charge in [-0.05, 0) is 59.2 Å². The lowest BCUT2D eigenvalue weighted by Gasteiger charge is -2.48. The van der Waals surface area contributed by atoms with E-state index >= 15 is 0 Å². The number of halogens is 1. The molecule has 1 saturated carbocycles. The van der Waals surface area contributed by atoms with Crippen molar-refractivity contribution in [2.75, 3.05) is 13.1 Å². The maximum atomic E-state index is 4.31. The molecule has 1 aliphatic carbocycles. The number of piperazine rings is 1. The van der Waals surface area contributed by atoms with Gasteiger partial charge in [0.2, 0.25) is 0 Å². The van der Waals surface area contributed by atoms with Crippen LogP contribution in [0.4, 0.5) is 0 Å². The molecule has 0 bridgehead atoms. The normalized spacial score (nSPS) is 30.8. The number of rotatable bonds is 4. The van der Waals surface area contributed by atoms with Gasteiger partial charge in [-0.2, -0.15) is 0 Å². The molecule has 4 heteroatoms. The maximum Gasteiger partial charge on any atom is 0.0410 e. The van der Waals surface area contributed by atoms with Gasteiger partial charge in [-0.1, -0.05) is 13.8 Å². The molecule has 1 aliphatic heterocycles. The second-order valence-electron chi connectivity index (χ2n) is 7.30. The molecule has 2 heterocycles. The van der Waals surface area contributed by atoms with Crippen molar-refractivity contribution in [1.82, 2.24) is 15.2 Å². The number of hydrogen-bond donors (Lipinski definition) is 1. The molecule has 116 valence electrons. The minimum Gasteiger partial charge on any atom is -0.308 e. The van der Waals surface area contributed by atoms with Crippen LogP contribution in [0.2, 0.25) is 0 Å². The van der Waals surface area contributed by atoms with E-state index in [4.69, 9.17) is 0 Å². The molecule has 1 N–H and O–H groups in total. The molecule has 2 aliphatic rings. The van der Waals surface area contributed by atoms with E-state index < -0.39 is 0 Å². The molecule has 1 saturated heterocycles. The van der Waals surface area contributed by atoms with Gasteiger partial charge in [0.25, 0.3) is 0 Å². The van der Waals surface area contributed by atoms with Crippen LogP contribution in [-0.2, 0) is 6.54 Å². The van der Waals surface area contributed by atoms with Crippen LogP contribution < -0.4 is 5.32 Å². The van der Waals surface area contributed by atoms with E-state index in [1.165, 1.54) is 18.4 Å². The van der Waals surface area contributed by atoms with Crippen LogP contribution in [-0.4, -0.2) is 34.6 Å². The van der Waals surface area contributed by atoms with Crippen molar-refractivity contribution < 1.29 is 0 Å². The van der Waals surface area contributed by atoms with E-state index in [0.29, 0.717) is 17.5 Å². The summed E-state index contributed by atoms with van der Waals surface area (Å²) in [5, 5.41) is 3.85. The topological polar surface area (TPSA) is 28.2 Å². The van der Waals surface area contributed by atoms with Crippen LogP contribution in [0.25, 0.3) is 0 Å². The quantitative estimate of drug-likeness (QED) is 0.900. The predicted molar refractivity (Wildman–Crippen MR) is 90.1 cm³/mol. The van der Waals surface area contributed by atoms with Crippen LogP contribution >= 0.6 is 15.9 Å². The van der Waals surface area contributed by atoms with E-state index in [-0.39, 0.29) is 0 Å². The minimum absolute atomic E-state index is 0.296. The second-order valence-corrected chi connectivity index (χ2v) is 8.22. The molecule has 0 aromatic carbocycles. The van der Waals surface area contributed by atoms with Crippen molar-refractivity contribution in [3.05, 3.63) is 28.5 Å². The van der Waals surface area contributed by atoms with Crippen LogP contribution in [0, 0.1) is 11.8 Å². The molecular weight excluding hydrogens is 326 g/mol. The Morgan fingerprint density at radius 1 is 1.43 bits per heavy atom. The van der Waals surface area contributed by atoms with Gasteiger partial charge in [-0.15, -0.1) is 0 Å². The minimum atomic E-state index is 0.296. The fourth-order valence-electron chi connectivity index (χ4n) is 3.66. The standard InChI is InChI=1S/C17H26BrN3/c1-12(2)16-9-20-17(3,14-4-5-14)11-21(16)10-13-6-15(18)8-19-7-13/h6-8,12,14,16,20H,4-5,9-11H2,1-3H3. The average molecular weight is 352 g/mol. The number of nitrogens with one attached hydrogen (secondary N) is 1. The van der Waals surface area contributed by atoms with Crippen molar-refractivity contribution >= 4 is 15.9 Å². The highest BCUT2D eigenvalue weighted by molar-refractivity contribution is 9.10. The van der Waals surface area contributed by atoms with Gasteiger partial charge < -0.3 is 5.32 Å². The van der Waals surface area contributed by atoms with E-state index in [1.807, 2.05) is 12.4 Å². The second kappa shape index (κ2) is 5.98. The molecule has 1 aromatic rings. The summed E-state index contributed by atoms with van der Waals surface area (Å²) in [6.45, 7) is 10.3. The summed E-state index contributed by atoms with van der Waals surface area (Å²) in [7, 11) is 0. The van der Waals surface area contributed by atoms with Gasteiger partial charge in [0, 0.05) is 48.1 Å². The van der Waals surface area contributed by atoms with Crippen molar-refractivity contribution in [3.8, 4) is 0 Å². The lowest BCUT2D eigenvalue weighted by molar-refractivity contribution is 0.0461. The Labute approximate surface area is 136 Å². The Hall–Kier alpha value is -0.450. The van der Waals surface area contributed by atoms with Gasteiger partial charge in [0.15, 0.2) is 0 Å². The van der Waals surface area contributed by atoms with Crippen LogP contribution in [0.15, 0.2) is 22.9 Å². The zero-order chi connectivity index (χ0) is 15.0. The summed E-state index contributed by atoms with van der Waals surface area (Å²) < 4.78 is 1.07. The molecule has 21 heavy (non-hydrogen) atoms. The van der Waals surface area contributed by atoms with Gasteiger partial charge in [-0.25, -0.2) is 0 Å². The zero-order valence-electron chi connectivity index (χ0n) is 13.3. The fourth-order valence-corrected chi connectivity index (χ4v) is 4.08. The van der Waals surface area contributed by atoms with Gasteiger partial charge in [-0.3, -0.25) is 9.88 Å². The lowest BCUT2D eigenvalue weighted by atomic mass is 9.88. The summed E-state index contributed by atoms with van der Waals surface area (Å²) >= 11 is 3.53. The summed E-state index contributed by atoms with van der Waals surface area (Å²) in [4.78, 5) is 6.98. The Bertz CT molecular complexity index is 501. The number of hydrogen-bond acceptors (Lipinski definition) is 3. The van der Waals surface area contributed by atoms with E-state index in [1.54, 1.807) is 0 Å². The van der Waals surface area contributed by atoms with Crippen molar-refractivity contribution in [2.24, 2.45) is 11.8 Å². The Morgan fingerprint density at radius 3 is 2.81 bits per heavy atom. The first-order valence-electron chi connectivity index (χ1n) is 8.06. The van der Waals surface area contributed by atoms with Gasteiger partial charge in [0.05, 0.1) is 0 Å². The summed E-state index contributed by atoms with van der Waals surface area (Å²) in [5.41, 5.74) is 1.60. The SMILES string of the molecule is CC(C)C1CNC(C)(C2CC2)CN1Cc1cncc(Br)c1. The summed E-state index contributed by atoms with van der Waals surface area (Å²) in [6, 6.07) is 2.80. The number of aromatic nitrogens is 1. The monoisotopic (exact) mass is 351 g/mol. The van der Waals surface area contributed by atoms with E-state index in [2.05, 4.69) is 58.0 Å². The van der Waals surface area contributed by atoms with Crippen molar-refractivity contribution in [3.63, 3.8) is 0 Å². The lowest BCUT2D eigenvalue weighted by Crippen LogP contribution is -2.64.